The van der Waals surface area contributed by atoms with E-state index in [1.54, 1.807) is 0 Å². The van der Waals surface area contributed by atoms with Crippen molar-refractivity contribution in [2.75, 3.05) is 6.61 Å². The summed E-state index contributed by atoms with van der Waals surface area (Å²) in [6, 6.07) is 0. The van der Waals surface area contributed by atoms with Gasteiger partial charge in [-0.05, 0) is 37.4 Å². The van der Waals surface area contributed by atoms with Crippen molar-refractivity contribution in [3.05, 3.63) is 12.7 Å². The highest BCUT2D eigenvalue weighted by atomic mass is 28.4. The molecule has 0 rings (SSSR count). The Morgan fingerprint density at radius 3 is 2.04 bits per heavy atom. The second kappa shape index (κ2) is 13.9. The molecule has 164 valence electrons. The lowest BCUT2D eigenvalue weighted by Crippen LogP contribution is -2.45. The highest BCUT2D eigenvalue weighted by Crippen LogP contribution is 2.38. The predicted molar refractivity (Wildman–Crippen MR) is 117 cm³/mol. The summed E-state index contributed by atoms with van der Waals surface area (Å²) in [6.45, 7) is 14.5. The average Bonchev–Trinajstić information content (AvgIpc) is 2.54. The molecule has 6 heteroatoms. The van der Waals surface area contributed by atoms with Gasteiger partial charge in [0.05, 0.1) is 25.6 Å². The molecule has 0 aliphatic heterocycles. The molecule has 0 aromatic carbocycles. The van der Waals surface area contributed by atoms with Crippen LogP contribution in [0.5, 0.6) is 0 Å². The normalized spacial score (nSPS) is 13.2. The van der Waals surface area contributed by atoms with E-state index in [9.17, 15) is 9.59 Å². The SMILES string of the molecule is C=CCCCCCCCCCOC(=O)CC(CC(=O)O)O[Si](C)(C)C(C)(C)C. The summed E-state index contributed by atoms with van der Waals surface area (Å²) in [5.41, 5.74) is 0. The Morgan fingerprint density at radius 1 is 1.00 bits per heavy atom. The van der Waals surface area contributed by atoms with Gasteiger partial charge in [0.1, 0.15) is 0 Å². The fraction of sp³-hybridized carbons (Fsp3) is 0.818. The topological polar surface area (TPSA) is 72.8 Å². The van der Waals surface area contributed by atoms with Gasteiger partial charge in [-0.2, -0.15) is 0 Å². The van der Waals surface area contributed by atoms with Crippen LogP contribution in [0.2, 0.25) is 18.1 Å². The number of esters is 1. The quantitative estimate of drug-likeness (QED) is 0.143. The van der Waals surface area contributed by atoms with Gasteiger partial charge in [-0.1, -0.05) is 59.0 Å². The van der Waals surface area contributed by atoms with Crippen LogP contribution in [0.1, 0.15) is 85.0 Å². The maximum absolute atomic E-state index is 12.1. The van der Waals surface area contributed by atoms with Gasteiger partial charge in [0.15, 0.2) is 8.32 Å². The van der Waals surface area contributed by atoms with E-state index in [1.807, 2.05) is 6.08 Å². The zero-order valence-corrected chi connectivity index (χ0v) is 19.7. The first kappa shape index (κ1) is 26.9. The van der Waals surface area contributed by atoms with Crippen LogP contribution in [0, 0.1) is 0 Å². The number of carboxylic acid groups (broad SMARTS) is 1. The Hall–Kier alpha value is -1.14. The number of unbranched alkanes of at least 4 members (excludes halogenated alkanes) is 7. The highest BCUT2D eigenvalue weighted by molar-refractivity contribution is 6.74. The third-order valence-electron chi connectivity index (χ3n) is 5.38. The maximum atomic E-state index is 12.1. The fourth-order valence-electron chi connectivity index (χ4n) is 2.65. The maximum Gasteiger partial charge on any atom is 0.308 e. The van der Waals surface area contributed by atoms with Crippen LogP contribution in [0.3, 0.4) is 0 Å². The van der Waals surface area contributed by atoms with Crippen molar-refractivity contribution < 1.29 is 23.9 Å². The van der Waals surface area contributed by atoms with Crippen LogP contribution in [-0.4, -0.2) is 38.1 Å². The lowest BCUT2D eigenvalue weighted by Gasteiger charge is -2.38. The minimum Gasteiger partial charge on any atom is -0.481 e. The third kappa shape index (κ3) is 13.1. The molecule has 0 aliphatic carbocycles. The van der Waals surface area contributed by atoms with Gasteiger partial charge in [0.2, 0.25) is 0 Å². The van der Waals surface area contributed by atoms with E-state index in [2.05, 4.69) is 40.4 Å². The molecule has 0 heterocycles. The molecule has 1 unspecified atom stereocenters. The largest absolute Gasteiger partial charge is 0.481 e. The minimum absolute atomic E-state index is 0.00210. The van der Waals surface area contributed by atoms with Gasteiger partial charge in [0, 0.05) is 0 Å². The zero-order chi connectivity index (χ0) is 21.6. The second-order valence-corrected chi connectivity index (χ2v) is 13.8. The number of aliphatic carboxylic acids is 1. The van der Waals surface area contributed by atoms with Crippen molar-refractivity contribution in [1.29, 1.82) is 0 Å². The molecule has 1 N–H and O–H groups in total. The number of carbonyl (C=O) groups is 2. The van der Waals surface area contributed by atoms with E-state index in [1.165, 1.54) is 25.7 Å². The van der Waals surface area contributed by atoms with E-state index in [0.717, 1.165) is 25.7 Å². The Kier molecular flexibility index (Phi) is 13.4. The van der Waals surface area contributed by atoms with Crippen molar-refractivity contribution in [3.63, 3.8) is 0 Å². The van der Waals surface area contributed by atoms with Crippen molar-refractivity contribution >= 4 is 20.3 Å². The molecule has 28 heavy (non-hydrogen) atoms. The van der Waals surface area contributed by atoms with E-state index >= 15 is 0 Å². The smallest absolute Gasteiger partial charge is 0.308 e. The number of hydrogen-bond acceptors (Lipinski definition) is 4. The third-order valence-corrected chi connectivity index (χ3v) is 9.91. The molecular formula is C22H42O5Si. The van der Waals surface area contributed by atoms with Crippen molar-refractivity contribution in [2.24, 2.45) is 0 Å². The molecule has 0 bridgehead atoms. The molecule has 5 nitrogen and oxygen atoms in total. The number of carbonyl (C=O) groups excluding carboxylic acids is 1. The summed E-state index contributed by atoms with van der Waals surface area (Å²) in [6.07, 6.45) is 10.2. The number of ether oxygens (including phenoxy) is 1. The van der Waals surface area contributed by atoms with Crippen LogP contribution >= 0.6 is 0 Å². The number of rotatable bonds is 16. The summed E-state index contributed by atoms with van der Waals surface area (Å²) < 4.78 is 11.4. The first-order valence-corrected chi connectivity index (χ1v) is 13.6. The Labute approximate surface area is 173 Å². The van der Waals surface area contributed by atoms with Crippen molar-refractivity contribution in [3.8, 4) is 0 Å². The molecular weight excluding hydrogens is 372 g/mol. The van der Waals surface area contributed by atoms with E-state index in [-0.39, 0.29) is 23.8 Å². The number of allylic oxidation sites excluding steroid dienone is 1. The first-order chi connectivity index (χ1) is 13.0. The zero-order valence-electron chi connectivity index (χ0n) is 18.7. The highest BCUT2D eigenvalue weighted by Gasteiger charge is 2.40. The van der Waals surface area contributed by atoms with Crippen molar-refractivity contribution in [2.45, 2.75) is 109 Å². The molecule has 1 atom stereocenters. The average molecular weight is 415 g/mol. The lowest BCUT2D eigenvalue weighted by molar-refractivity contribution is -0.147. The Bertz CT molecular complexity index is 468. The molecule has 0 spiro atoms. The lowest BCUT2D eigenvalue weighted by atomic mass is 10.1. The van der Waals surface area contributed by atoms with Gasteiger partial charge in [-0.3, -0.25) is 9.59 Å². The van der Waals surface area contributed by atoms with Crippen LogP contribution in [-0.2, 0) is 18.8 Å². The summed E-state index contributed by atoms with van der Waals surface area (Å²) in [5.74, 6) is -1.32. The first-order valence-electron chi connectivity index (χ1n) is 10.7. The van der Waals surface area contributed by atoms with Crippen LogP contribution in [0.4, 0.5) is 0 Å². The minimum atomic E-state index is -2.14. The van der Waals surface area contributed by atoms with Gasteiger partial charge in [-0.25, -0.2) is 0 Å². The molecule has 0 radical (unpaired) electrons. The van der Waals surface area contributed by atoms with Gasteiger partial charge in [0.25, 0.3) is 0 Å². The van der Waals surface area contributed by atoms with Crippen molar-refractivity contribution in [1.82, 2.24) is 0 Å². The molecule has 0 amide bonds. The summed E-state index contributed by atoms with van der Waals surface area (Å²) >= 11 is 0. The van der Waals surface area contributed by atoms with Gasteiger partial charge >= 0.3 is 11.9 Å². The van der Waals surface area contributed by atoms with Crippen LogP contribution in [0.25, 0.3) is 0 Å². The number of carboxylic acids is 1. The summed E-state index contributed by atoms with van der Waals surface area (Å²) in [5, 5.41) is 9.10. The Morgan fingerprint density at radius 2 is 1.54 bits per heavy atom. The van der Waals surface area contributed by atoms with E-state index < -0.39 is 20.4 Å². The molecule has 0 saturated heterocycles. The predicted octanol–water partition coefficient (Wildman–Crippen LogP) is 6.09. The fourth-order valence-corrected chi connectivity index (χ4v) is 4.00. The molecule has 0 aromatic heterocycles. The number of hydrogen-bond donors (Lipinski definition) is 1. The molecule has 0 aromatic rings. The Balaban J connectivity index is 4.12. The van der Waals surface area contributed by atoms with Crippen LogP contribution in [0.15, 0.2) is 12.7 Å². The van der Waals surface area contributed by atoms with E-state index in [4.69, 9.17) is 14.3 Å². The molecule has 0 saturated carbocycles. The summed E-state index contributed by atoms with van der Waals surface area (Å²) in [4.78, 5) is 23.3. The standard InChI is InChI=1S/C22H42O5Si/c1-7-8-9-10-11-12-13-14-15-16-26-21(25)18-19(17-20(23)24)27-28(5,6)22(2,3)4/h7,19H,1,8-18H2,2-6H3,(H,23,24). The van der Waals surface area contributed by atoms with E-state index in [0.29, 0.717) is 6.61 Å². The van der Waals surface area contributed by atoms with Crippen LogP contribution < -0.4 is 0 Å². The molecule has 0 aliphatic rings. The van der Waals surface area contributed by atoms with Gasteiger partial charge < -0.3 is 14.3 Å². The summed E-state index contributed by atoms with van der Waals surface area (Å²) in [7, 11) is -2.14. The van der Waals surface area contributed by atoms with Gasteiger partial charge in [-0.15, -0.1) is 6.58 Å². The second-order valence-electron chi connectivity index (χ2n) is 9.07. The molecule has 0 fully saturated rings. The monoisotopic (exact) mass is 414 g/mol.